The van der Waals surface area contributed by atoms with E-state index in [9.17, 15) is 18.5 Å². The number of benzene rings is 1. The highest BCUT2D eigenvalue weighted by Crippen LogP contribution is 2.19. The Morgan fingerprint density at radius 3 is 2.70 bits per heavy atom. The van der Waals surface area contributed by atoms with Crippen LogP contribution in [0.25, 0.3) is 0 Å². The lowest BCUT2D eigenvalue weighted by Gasteiger charge is -2.14. The lowest BCUT2D eigenvalue weighted by molar-refractivity contribution is -0.384. The molecule has 0 fully saturated rings. The zero-order chi connectivity index (χ0) is 15.2. The van der Waals surface area contributed by atoms with Crippen molar-refractivity contribution < 1.29 is 13.3 Å². The maximum absolute atomic E-state index is 11.8. The van der Waals surface area contributed by atoms with Gasteiger partial charge < -0.3 is 0 Å². The van der Waals surface area contributed by atoms with Crippen LogP contribution in [0.1, 0.15) is 31.4 Å². The Hall–Kier alpha value is -1.18. The van der Waals surface area contributed by atoms with Gasteiger partial charge in [0.25, 0.3) is 5.69 Å². The minimum Gasteiger partial charge on any atom is -0.258 e. The summed E-state index contributed by atoms with van der Waals surface area (Å²) in [6, 6.07) is 5.40. The van der Waals surface area contributed by atoms with Gasteiger partial charge in [-0.25, -0.2) is 13.1 Å². The van der Waals surface area contributed by atoms with Crippen molar-refractivity contribution in [2.45, 2.75) is 25.8 Å². The summed E-state index contributed by atoms with van der Waals surface area (Å²) in [6.07, 6.45) is 1.12. The van der Waals surface area contributed by atoms with Crippen molar-refractivity contribution >= 4 is 27.3 Å². The Kier molecular flexibility index (Phi) is 6.38. The van der Waals surface area contributed by atoms with E-state index in [4.69, 9.17) is 11.6 Å². The summed E-state index contributed by atoms with van der Waals surface area (Å²) in [6.45, 7) is 1.65. The Bertz CT molecular complexity index is 562. The smallest absolute Gasteiger partial charge is 0.258 e. The molecule has 0 amide bonds. The number of unbranched alkanes of at least 4 members (excludes halogenated alkanes) is 1. The van der Waals surface area contributed by atoms with E-state index in [1.165, 1.54) is 18.2 Å². The fourth-order valence-electron chi connectivity index (χ4n) is 1.69. The minimum atomic E-state index is -3.41. The fraction of sp³-hybridized carbons (Fsp3) is 0.500. The standard InChI is InChI=1S/C12H17ClN2O4S/c1-10(14-20(18,19)8-3-2-7-13)11-5-4-6-12(9-11)15(16)17/h4-6,9-10,14H,2-3,7-8H2,1H3. The van der Waals surface area contributed by atoms with Gasteiger partial charge in [-0.05, 0) is 25.3 Å². The molecule has 0 saturated heterocycles. The van der Waals surface area contributed by atoms with Crippen molar-refractivity contribution in [3.05, 3.63) is 39.9 Å². The normalized spacial score (nSPS) is 13.1. The summed E-state index contributed by atoms with van der Waals surface area (Å²) in [4.78, 5) is 10.2. The topological polar surface area (TPSA) is 89.3 Å². The lowest BCUT2D eigenvalue weighted by Crippen LogP contribution is -2.29. The minimum absolute atomic E-state index is 0.00101. The third-order valence-corrected chi connectivity index (χ3v) is 4.54. The number of nitrogens with zero attached hydrogens (tertiary/aromatic N) is 1. The number of sulfonamides is 1. The number of halogens is 1. The van der Waals surface area contributed by atoms with E-state index < -0.39 is 21.0 Å². The number of nitro benzene ring substituents is 1. The molecule has 0 aliphatic heterocycles. The molecule has 1 N–H and O–H groups in total. The van der Waals surface area contributed by atoms with Crippen LogP contribution in [0.2, 0.25) is 0 Å². The Morgan fingerprint density at radius 2 is 2.10 bits per heavy atom. The number of alkyl halides is 1. The summed E-state index contributed by atoms with van der Waals surface area (Å²) in [7, 11) is -3.41. The number of non-ortho nitro benzene ring substituents is 1. The number of nitrogens with one attached hydrogen (secondary N) is 1. The molecular weight excluding hydrogens is 304 g/mol. The van der Waals surface area contributed by atoms with Crippen LogP contribution in [0.4, 0.5) is 5.69 Å². The Balaban J connectivity index is 2.73. The quantitative estimate of drug-likeness (QED) is 0.345. The highest BCUT2D eigenvalue weighted by atomic mass is 35.5. The van der Waals surface area contributed by atoms with E-state index in [-0.39, 0.29) is 11.4 Å². The van der Waals surface area contributed by atoms with E-state index in [2.05, 4.69) is 4.72 Å². The monoisotopic (exact) mass is 320 g/mol. The second-order valence-corrected chi connectivity index (χ2v) is 6.66. The molecule has 0 radical (unpaired) electrons. The maximum atomic E-state index is 11.8. The van der Waals surface area contributed by atoms with E-state index in [0.717, 1.165) is 0 Å². The molecular formula is C12H17ClN2O4S. The van der Waals surface area contributed by atoms with Gasteiger partial charge in [0.1, 0.15) is 0 Å². The van der Waals surface area contributed by atoms with Gasteiger partial charge in [-0.1, -0.05) is 12.1 Å². The van der Waals surface area contributed by atoms with Crippen molar-refractivity contribution in [1.82, 2.24) is 4.72 Å². The molecule has 0 heterocycles. The van der Waals surface area contributed by atoms with Crippen LogP contribution < -0.4 is 4.72 Å². The molecule has 0 bridgehead atoms. The molecule has 1 atom stereocenters. The van der Waals surface area contributed by atoms with Crippen LogP contribution in [0.5, 0.6) is 0 Å². The molecule has 0 aliphatic carbocycles. The molecule has 1 aromatic carbocycles. The van der Waals surface area contributed by atoms with Crippen LogP contribution in [-0.2, 0) is 10.0 Å². The van der Waals surface area contributed by atoms with Gasteiger partial charge in [-0.2, -0.15) is 0 Å². The van der Waals surface area contributed by atoms with Gasteiger partial charge in [0.2, 0.25) is 10.0 Å². The number of nitro groups is 1. The van der Waals surface area contributed by atoms with Gasteiger partial charge in [0, 0.05) is 24.1 Å². The van der Waals surface area contributed by atoms with Crippen LogP contribution in [-0.4, -0.2) is 25.0 Å². The summed E-state index contributed by atoms with van der Waals surface area (Å²) >= 11 is 5.50. The molecule has 112 valence electrons. The molecule has 0 aliphatic rings. The molecule has 1 rings (SSSR count). The fourth-order valence-corrected chi connectivity index (χ4v) is 3.26. The first-order valence-electron chi connectivity index (χ1n) is 6.16. The second kappa shape index (κ2) is 7.56. The summed E-state index contributed by atoms with van der Waals surface area (Å²) in [5, 5.41) is 10.7. The molecule has 1 aromatic rings. The zero-order valence-electron chi connectivity index (χ0n) is 11.1. The predicted molar refractivity (Wildman–Crippen MR) is 78.4 cm³/mol. The van der Waals surface area contributed by atoms with Crippen molar-refractivity contribution in [1.29, 1.82) is 0 Å². The average molecular weight is 321 g/mol. The van der Waals surface area contributed by atoms with Gasteiger partial charge in [0.05, 0.1) is 10.7 Å². The predicted octanol–water partition coefficient (Wildman–Crippen LogP) is 2.59. The van der Waals surface area contributed by atoms with Gasteiger partial charge in [-0.3, -0.25) is 10.1 Å². The van der Waals surface area contributed by atoms with E-state index in [1.54, 1.807) is 13.0 Å². The Morgan fingerprint density at radius 1 is 1.40 bits per heavy atom. The van der Waals surface area contributed by atoms with Gasteiger partial charge in [-0.15, -0.1) is 11.6 Å². The Labute approximate surface area is 123 Å². The first-order valence-corrected chi connectivity index (χ1v) is 8.35. The first-order chi connectivity index (χ1) is 9.35. The number of rotatable bonds is 8. The average Bonchev–Trinajstić information content (AvgIpc) is 2.38. The molecule has 6 nitrogen and oxygen atoms in total. The van der Waals surface area contributed by atoms with Gasteiger partial charge in [0.15, 0.2) is 0 Å². The van der Waals surface area contributed by atoms with Crippen LogP contribution >= 0.6 is 11.6 Å². The lowest BCUT2D eigenvalue weighted by atomic mass is 10.1. The highest BCUT2D eigenvalue weighted by Gasteiger charge is 2.17. The first kappa shape index (κ1) is 16.9. The van der Waals surface area contributed by atoms with Crippen molar-refractivity contribution in [3.63, 3.8) is 0 Å². The largest absolute Gasteiger partial charge is 0.269 e. The summed E-state index contributed by atoms with van der Waals surface area (Å²) in [5.74, 6) is 0.426. The summed E-state index contributed by atoms with van der Waals surface area (Å²) < 4.78 is 26.1. The maximum Gasteiger partial charge on any atom is 0.269 e. The molecule has 0 spiro atoms. The van der Waals surface area contributed by atoms with E-state index in [0.29, 0.717) is 24.3 Å². The molecule has 20 heavy (non-hydrogen) atoms. The van der Waals surface area contributed by atoms with Gasteiger partial charge >= 0.3 is 0 Å². The molecule has 1 unspecified atom stereocenters. The molecule has 8 heteroatoms. The van der Waals surface area contributed by atoms with Crippen LogP contribution in [0.3, 0.4) is 0 Å². The second-order valence-electron chi connectivity index (χ2n) is 4.41. The van der Waals surface area contributed by atoms with Crippen molar-refractivity contribution in [2.75, 3.05) is 11.6 Å². The molecule has 0 aromatic heterocycles. The van der Waals surface area contributed by atoms with Crippen LogP contribution in [0.15, 0.2) is 24.3 Å². The van der Waals surface area contributed by atoms with Crippen LogP contribution in [0, 0.1) is 10.1 Å². The number of hydrogen-bond donors (Lipinski definition) is 1. The van der Waals surface area contributed by atoms with Crippen molar-refractivity contribution in [3.8, 4) is 0 Å². The summed E-state index contributed by atoms with van der Waals surface area (Å²) in [5.41, 5.74) is 0.496. The highest BCUT2D eigenvalue weighted by molar-refractivity contribution is 7.89. The number of hydrogen-bond acceptors (Lipinski definition) is 4. The van der Waals surface area contributed by atoms with E-state index >= 15 is 0 Å². The third-order valence-electron chi connectivity index (χ3n) is 2.73. The third kappa shape index (κ3) is 5.44. The zero-order valence-corrected chi connectivity index (χ0v) is 12.7. The van der Waals surface area contributed by atoms with E-state index in [1.807, 2.05) is 0 Å². The van der Waals surface area contributed by atoms with Crippen molar-refractivity contribution in [2.24, 2.45) is 0 Å². The SMILES string of the molecule is CC(NS(=O)(=O)CCCCCl)c1cccc([N+](=O)[O-])c1. The molecule has 0 saturated carbocycles.